The molecular weight excluding hydrogens is 344 g/mol. The highest BCUT2D eigenvalue weighted by Crippen LogP contribution is 2.29. The SMILES string of the molecule is COc1ccc(OC)c([C@@H](C)NC(=S)Nc2cccc(Cl)c2C)c1. The predicted octanol–water partition coefficient (Wildman–Crippen LogP) is 4.71. The van der Waals surface area contributed by atoms with Crippen LogP contribution in [0.15, 0.2) is 36.4 Å². The molecule has 2 aromatic carbocycles. The lowest BCUT2D eigenvalue weighted by atomic mass is 10.1. The number of halogens is 1. The van der Waals surface area contributed by atoms with Gasteiger partial charge < -0.3 is 20.1 Å². The number of benzene rings is 2. The third-order valence-corrected chi connectivity index (χ3v) is 4.40. The normalized spacial score (nSPS) is 11.5. The van der Waals surface area contributed by atoms with Gasteiger partial charge in [0.1, 0.15) is 11.5 Å². The molecule has 0 radical (unpaired) electrons. The molecule has 0 aliphatic rings. The molecule has 0 spiro atoms. The van der Waals surface area contributed by atoms with Crippen molar-refractivity contribution in [3.8, 4) is 11.5 Å². The van der Waals surface area contributed by atoms with E-state index in [1.807, 2.05) is 50.2 Å². The van der Waals surface area contributed by atoms with Crippen LogP contribution in [0.2, 0.25) is 5.02 Å². The van der Waals surface area contributed by atoms with Crippen LogP contribution >= 0.6 is 23.8 Å². The van der Waals surface area contributed by atoms with Gasteiger partial charge >= 0.3 is 0 Å². The zero-order valence-corrected chi connectivity index (χ0v) is 15.7. The summed E-state index contributed by atoms with van der Waals surface area (Å²) < 4.78 is 10.7. The van der Waals surface area contributed by atoms with E-state index >= 15 is 0 Å². The fraction of sp³-hybridized carbons (Fsp3) is 0.278. The summed E-state index contributed by atoms with van der Waals surface area (Å²) in [6, 6.07) is 11.3. The van der Waals surface area contributed by atoms with Crippen molar-refractivity contribution in [1.82, 2.24) is 5.32 Å². The van der Waals surface area contributed by atoms with Crippen LogP contribution in [0, 0.1) is 6.92 Å². The van der Waals surface area contributed by atoms with Gasteiger partial charge in [-0.1, -0.05) is 17.7 Å². The molecule has 24 heavy (non-hydrogen) atoms. The molecule has 0 saturated heterocycles. The van der Waals surface area contributed by atoms with Gasteiger partial charge in [0, 0.05) is 16.3 Å². The van der Waals surface area contributed by atoms with Crippen LogP contribution in [0.4, 0.5) is 5.69 Å². The van der Waals surface area contributed by atoms with Gasteiger partial charge in [-0.25, -0.2) is 0 Å². The smallest absolute Gasteiger partial charge is 0.171 e. The second-order valence-corrected chi connectivity index (χ2v) is 6.16. The van der Waals surface area contributed by atoms with Gasteiger partial charge in [0.15, 0.2) is 5.11 Å². The maximum Gasteiger partial charge on any atom is 0.171 e. The van der Waals surface area contributed by atoms with Gasteiger partial charge in [0.25, 0.3) is 0 Å². The molecule has 0 aromatic heterocycles. The van der Waals surface area contributed by atoms with Crippen LogP contribution in [0.3, 0.4) is 0 Å². The Kier molecular flexibility index (Phi) is 6.29. The van der Waals surface area contributed by atoms with E-state index in [0.717, 1.165) is 28.3 Å². The van der Waals surface area contributed by atoms with E-state index in [1.165, 1.54) is 0 Å². The number of rotatable bonds is 5. The lowest BCUT2D eigenvalue weighted by Crippen LogP contribution is -2.31. The van der Waals surface area contributed by atoms with Crippen LogP contribution < -0.4 is 20.1 Å². The Morgan fingerprint density at radius 3 is 2.58 bits per heavy atom. The molecular formula is C18H21ClN2O2S. The van der Waals surface area contributed by atoms with E-state index < -0.39 is 0 Å². The number of nitrogens with one attached hydrogen (secondary N) is 2. The maximum atomic E-state index is 6.14. The summed E-state index contributed by atoms with van der Waals surface area (Å²) in [6.45, 7) is 3.96. The van der Waals surface area contributed by atoms with Crippen molar-refractivity contribution >= 4 is 34.6 Å². The highest BCUT2D eigenvalue weighted by atomic mass is 35.5. The number of anilines is 1. The summed E-state index contributed by atoms with van der Waals surface area (Å²) in [6.07, 6.45) is 0. The standard InChI is InChI=1S/C18H21ClN2O2S/c1-11-15(19)6-5-7-16(11)21-18(24)20-12(2)14-10-13(22-3)8-9-17(14)23-4/h5-10,12H,1-4H3,(H2,20,21,24)/t12-/m1/s1. The highest BCUT2D eigenvalue weighted by molar-refractivity contribution is 7.80. The fourth-order valence-corrected chi connectivity index (χ4v) is 2.81. The molecule has 0 fully saturated rings. The topological polar surface area (TPSA) is 42.5 Å². The lowest BCUT2D eigenvalue weighted by molar-refractivity contribution is 0.395. The number of methoxy groups -OCH3 is 2. The number of thiocarbonyl (C=S) groups is 1. The van der Waals surface area contributed by atoms with Gasteiger partial charge in [-0.2, -0.15) is 0 Å². The quantitative estimate of drug-likeness (QED) is 0.752. The molecule has 2 N–H and O–H groups in total. The summed E-state index contributed by atoms with van der Waals surface area (Å²) in [5.74, 6) is 1.54. The van der Waals surface area contributed by atoms with E-state index in [1.54, 1.807) is 14.2 Å². The molecule has 0 bridgehead atoms. The molecule has 1 atom stereocenters. The second-order valence-electron chi connectivity index (χ2n) is 5.34. The molecule has 0 unspecified atom stereocenters. The Morgan fingerprint density at radius 1 is 1.17 bits per heavy atom. The molecule has 6 heteroatoms. The molecule has 0 aliphatic heterocycles. The van der Waals surface area contributed by atoms with Crippen LogP contribution in [-0.4, -0.2) is 19.3 Å². The number of ether oxygens (including phenoxy) is 2. The maximum absolute atomic E-state index is 6.14. The summed E-state index contributed by atoms with van der Waals surface area (Å²) in [4.78, 5) is 0. The van der Waals surface area contributed by atoms with Crippen LogP contribution in [0.25, 0.3) is 0 Å². The third kappa shape index (κ3) is 4.30. The fourth-order valence-electron chi connectivity index (χ4n) is 2.35. The molecule has 2 aromatic rings. The largest absolute Gasteiger partial charge is 0.497 e. The van der Waals surface area contributed by atoms with Crippen LogP contribution in [-0.2, 0) is 0 Å². The second kappa shape index (κ2) is 8.22. The molecule has 0 heterocycles. The summed E-state index contributed by atoms with van der Waals surface area (Å²) >= 11 is 11.6. The Hall–Kier alpha value is -1.98. The summed E-state index contributed by atoms with van der Waals surface area (Å²) in [5, 5.41) is 7.65. The Labute approximate surface area is 153 Å². The molecule has 0 amide bonds. The average Bonchev–Trinajstić information content (AvgIpc) is 2.58. The van der Waals surface area contributed by atoms with Crippen molar-refractivity contribution < 1.29 is 9.47 Å². The van der Waals surface area contributed by atoms with Crippen molar-refractivity contribution in [2.75, 3.05) is 19.5 Å². The monoisotopic (exact) mass is 364 g/mol. The molecule has 128 valence electrons. The zero-order valence-electron chi connectivity index (χ0n) is 14.1. The molecule has 0 saturated carbocycles. The first-order valence-corrected chi connectivity index (χ1v) is 8.29. The van der Waals surface area contributed by atoms with Crippen molar-refractivity contribution in [2.45, 2.75) is 19.9 Å². The van der Waals surface area contributed by atoms with Gasteiger partial charge in [0.05, 0.1) is 20.3 Å². The minimum absolute atomic E-state index is 0.0606. The lowest BCUT2D eigenvalue weighted by Gasteiger charge is -2.21. The van der Waals surface area contributed by atoms with E-state index in [-0.39, 0.29) is 6.04 Å². The van der Waals surface area contributed by atoms with E-state index in [4.69, 9.17) is 33.3 Å². The average molecular weight is 365 g/mol. The van der Waals surface area contributed by atoms with Crippen molar-refractivity contribution in [2.24, 2.45) is 0 Å². The van der Waals surface area contributed by atoms with E-state index in [9.17, 15) is 0 Å². The molecule has 0 aliphatic carbocycles. The molecule has 2 rings (SSSR count). The molecule has 4 nitrogen and oxygen atoms in total. The van der Waals surface area contributed by atoms with Gasteiger partial charge in [0.2, 0.25) is 0 Å². The van der Waals surface area contributed by atoms with Crippen LogP contribution in [0.5, 0.6) is 11.5 Å². The Morgan fingerprint density at radius 2 is 1.92 bits per heavy atom. The van der Waals surface area contributed by atoms with Gasteiger partial charge in [-0.3, -0.25) is 0 Å². The summed E-state index contributed by atoms with van der Waals surface area (Å²) in [5.41, 5.74) is 2.79. The van der Waals surface area contributed by atoms with Gasteiger partial charge in [-0.15, -0.1) is 0 Å². The first-order valence-electron chi connectivity index (χ1n) is 7.50. The number of hydrogen-bond acceptors (Lipinski definition) is 3. The first kappa shape index (κ1) is 18.4. The van der Waals surface area contributed by atoms with E-state index in [2.05, 4.69) is 10.6 Å². The minimum atomic E-state index is -0.0606. The van der Waals surface area contributed by atoms with Gasteiger partial charge in [-0.05, 0) is 62.0 Å². The van der Waals surface area contributed by atoms with E-state index in [0.29, 0.717) is 10.1 Å². The van der Waals surface area contributed by atoms with Crippen LogP contribution in [0.1, 0.15) is 24.1 Å². The number of hydrogen-bond donors (Lipinski definition) is 2. The minimum Gasteiger partial charge on any atom is -0.497 e. The highest BCUT2D eigenvalue weighted by Gasteiger charge is 2.14. The Balaban J connectivity index is 2.13. The first-order chi connectivity index (χ1) is 11.5. The van der Waals surface area contributed by atoms with Crippen molar-refractivity contribution in [3.05, 3.63) is 52.5 Å². The zero-order chi connectivity index (χ0) is 17.7. The van der Waals surface area contributed by atoms with Crippen molar-refractivity contribution in [1.29, 1.82) is 0 Å². The summed E-state index contributed by atoms with van der Waals surface area (Å²) in [7, 11) is 3.28. The third-order valence-electron chi connectivity index (χ3n) is 3.77. The Bertz CT molecular complexity index is 737. The van der Waals surface area contributed by atoms with Crippen molar-refractivity contribution in [3.63, 3.8) is 0 Å². The predicted molar refractivity (Wildman–Crippen MR) is 104 cm³/mol.